The minimum Gasteiger partial charge on any atom is -0.446 e. The molecule has 0 atom stereocenters. The van der Waals surface area contributed by atoms with Gasteiger partial charge in [-0.05, 0) is 40.2 Å². The van der Waals surface area contributed by atoms with Gasteiger partial charge in [-0.15, -0.1) is 0 Å². The molecule has 0 unspecified atom stereocenters. The molecule has 0 saturated heterocycles. The molecule has 0 aromatic carbocycles. The van der Waals surface area contributed by atoms with Crippen molar-refractivity contribution in [2.24, 2.45) is 0 Å². The summed E-state index contributed by atoms with van der Waals surface area (Å²) in [5, 5.41) is 0. The van der Waals surface area contributed by atoms with Crippen molar-refractivity contribution in [2.75, 3.05) is 0 Å². The lowest BCUT2D eigenvalue weighted by atomic mass is 10.2. The number of hydrogen-bond donors (Lipinski definition) is 0. The largest absolute Gasteiger partial charge is 0.446 e. The van der Waals surface area contributed by atoms with Crippen LogP contribution in [-0.4, -0.2) is 15.7 Å². The standard InChI is InChI=1S/C12H7BrN2O2/c13-11-4-3-10(17-11)12-14-6-9-8(7-16)2-1-5-15(9)12/h1-7H. The predicted octanol–water partition coefficient (Wildman–Crippen LogP) is 3.17. The van der Waals surface area contributed by atoms with Crippen LogP contribution in [-0.2, 0) is 0 Å². The number of imidazole rings is 1. The molecular weight excluding hydrogens is 284 g/mol. The maximum Gasteiger partial charge on any atom is 0.180 e. The summed E-state index contributed by atoms with van der Waals surface area (Å²) in [7, 11) is 0. The fraction of sp³-hybridized carbons (Fsp3) is 0. The maximum absolute atomic E-state index is 10.9. The van der Waals surface area contributed by atoms with Crippen molar-refractivity contribution < 1.29 is 9.21 Å². The summed E-state index contributed by atoms with van der Waals surface area (Å²) in [4.78, 5) is 15.2. The van der Waals surface area contributed by atoms with Gasteiger partial charge in [0.05, 0.1) is 11.7 Å². The number of aromatic nitrogens is 2. The summed E-state index contributed by atoms with van der Waals surface area (Å²) < 4.78 is 7.93. The van der Waals surface area contributed by atoms with E-state index in [1.165, 1.54) is 0 Å². The highest BCUT2D eigenvalue weighted by atomic mass is 79.9. The molecule has 4 nitrogen and oxygen atoms in total. The Labute approximate surface area is 105 Å². The highest BCUT2D eigenvalue weighted by Crippen LogP contribution is 2.25. The number of carbonyl (C=O) groups is 1. The zero-order valence-corrected chi connectivity index (χ0v) is 10.2. The molecule has 0 saturated carbocycles. The van der Waals surface area contributed by atoms with Crippen molar-refractivity contribution in [2.45, 2.75) is 0 Å². The first kappa shape index (κ1) is 10.3. The van der Waals surface area contributed by atoms with Gasteiger partial charge in [0.1, 0.15) is 0 Å². The molecule has 17 heavy (non-hydrogen) atoms. The number of nitrogens with zero attached hydrogens (tertiary/aromatic N) is 2. The molecule has 0 N–H and O–H groups in total. The molecule has 84 valence electrons. The molecule has 0 fully saturated rings. The van der Waals surface area contributed by atoms with Crippen molar-refractivity contribution in [1.82, 2.24) is 9.38 Å². The van der Waals surface area contributed by atoms with Gasteiger partial charge in [-0.3, -0.25) is 9.20 Å². The van der Waals surface area contributed by atoms with Gasteiger partial charge in [0, 0.05) is 11.8 Å². The van der Waals surface area contributed by atoms with Gasteiger partial charge in [-0.2, -0.15) is 0 Å². The molecule has 0 spiro atoms. The van der Waals surface area contributed by atoms with Crippen LogP contribution in [0.15, 0.2) is 45.7 Å². The van der Waals surface area contributed by atoms with Gasteiger partial charge in [0.15, 0.2) is 22.5 Å². The zero-order chi connectivity index (χ0) is 11.8. The first-order valence-corrected chi connectivity index (χ1v) is 5.76. The summed E-state index contributed by atoms with van der Waals surface area (Å²) in [6.45, 7) is 0. The van der Waals surface area contributed by atoms with Crippen LogP contribution < -0.4 is 0 Å². The van der Waals surface area contributed by atoms with Crippen LogP contribution in [0.1, 0.15) is 10.4 Å². The predicted molar refractivity (Wildman–Crippen MR) is 66.0 cm³/mol. The first-order valence-electron chi connectivity index (χ1n) is 4.96. The second-order valence-electron chi connectivity index (χ2n) is 3.52. The summed E-state index contributed by atoms with van der Waals surface area (Å²) in [5.41, 5.74) is 1.38. The average Bonchev–Trinajstić information content (AvgIpc) is 2.94. The summed E-state index contributed by atoms with van der Waals surface area (Å²) in [6.07, 6.45) is 4.33. The SMILES string of the molecule is O=Cc1cccn2c(-c3ccc(Br)o3)ncc12. The summed E-state index contributed by atoms with van der Waals surface area (Å²) in [6, 6.07) is 7.19. The molecule has 0 bridgehead atoms. The van der Waals surface area contributed by atoms with Crippen LogP contribution >= 0.6 is 15.9 Å². The highest BCUT2D eigenvalue weighted by Gasteiger charge is 2.11. The average molecular weight is 291 g/mol. The van der Waals surface area contributed by atoms with Gasteiger partial charge in [-0.25, -0.2) is 4.98 Å². The second-order valence-corrected chi connectivity index (χ2v) is 4.30. The third-order valence-corrected chi connectivity index (χ3v) is 2.95. The Bertz CT molecular complexity index is 699. The number of fused-ring (bicyclic) bond motifs is 1. The number of halogens is 1. The van der Waals surface area contributed by atoms with Crippen LogP contribution in [0, 0.1) is 0 Å². The molecule has 0 amide bonds. The van der Waals surface area contributed by atoms with E-state index in [9.17, 15) is 4.79 Å². The topological polar surface area (TPSA) is 47.5 Å². The lowest BCUT2D eigenvalue weighted by Crippen LogP contribution is -1.90. The third-order valence-electron chi connectivity index (χ3n) is 2.52. The van der Waals surface area contributed by atoms with Crippen molar-refractivity contribution >= 4 is 27.7 Å². The number of pyridine rings is 1. The number of rotatable bonds is 2. The fourth-order valence-corrected chi connectivity index (χ4v) is 2.07. The molecule has 0 aliphatic rings. The summed E-state index contributed by atoms with van der Waals surface area (Å²) >= 11 is 3.25. The van der Waals surface area contributed by atoms with E-state index in [0.29, 0.717) is 21.8 Å². The van der Waals surface area contributed by atoms with Gasteiger partial charge < -0.3 is 4.42 Å². The van der Waals surface area contributed by atoms with Crippen molar-refractivity contribution in [3.05, 3.63) is 46.9 Å². The maximum atomic E-state index is 10.9. The van der Waals surface area contributed by atoms with Crippen LogP contribution in [0.3, 0.4) is 0 Å². The minimum atomic E-state index is 0.608. The van der Waals surface area contributed by atoms with Crippen LogP contribution in [0.5, 0.6) is 0 Å². The van der Waals surface area contributed by atoms with Gasteiger partial charge in [0.2, 0.25) is 0 Å². The van der Waals surface area contributed by atoms with Crippen molar-refractivity contribution in [1.29, 1.82) is 0 Å². The van der Waals surface area contributed by atoms with E-state index >= 15 is 0 Å². The third kappa shape index (κ3) is 1.59. The monoisotopic (exact) mass is 290 g/mol. The number of hydrogen-bond acceptors (Lipinski definition) is 3. The van der Waals surface area contributed by atoms with Crippen molar-refractivity contribution in [3.63, 3.8) is 0 Å². The Balaban J connectivity index is 2.28. The molecule has 3 aromatic heterocycles. The Hall–Kier alpha value is -1.88. The Morgan fingerprint density at radius 3 is 2.94 bits per heavy atom. The van der Waals surface area contributed by atoms with Gasteiger partial charge in [-0.1, -0.05) is 0 Å². The van der Waals surface area contributed by atoms with Gasteiger partial charge >= 0.3 is 0 Å². The van der Waals surface area contributed by atoms with Crippen molar-refractivity contribution in [3.8, 4) is 11.6 Å². The molecule has 0 radical (unpaired) electrons. The van der Waals surface area contributed by atoms with Gasteiger partial charge in [0.25, 0.3) is 0 Å². The van der Waals surface area contributed by atoms with E-state index < -0.39 is 0 Å². The quantitative estimate of drug-likeness (QED) is 0.681. The number of furan rings is 1. The molecular formula is C12H7BrN2O2. The molecule has 0 aliphatic carbocycles. The molecule has 3 rings (SSSR count). The van der Waals surface area contributed by atoms with E-state index in [4.69, 9.17) is 4.42 Å². The van der Waals surface area contributed by atoms with E-state index in [-0.39, 0.29) is 0 Å². The second kappa shape index (κ2) is 3.85. The van der Waals surface area contributed by atoms with Crippen LogP contribution in [0.2, 0.25) is 0 Å². The Kier molecular flexibility index (Phi) is 2.33. The number of carbonyl (C=O) groups excluding carboxylic acids is 1. The lowest BCUT2D eigenvalue weighted by Gasteiger charge is -1.99. The molecule has 0 aliphatic heterocycles. The number of aldehydes is 1. The first-order chi connectivity index (χ1) is 8.29. The molecule has 5 heteroatoms. The van der Waals surface area contributed by atoms with E-state index in [1.807, 2.05) is 16.7 Å². The van der Waals surface area contributed by atoms with E-state index in [0.717, 1.165) is 11.8 Å². The molecule has 3 heterocycles. The Morgan fingerprint density at radius 2 is 2.24 bits per heavy atom. The zero-order valence-electron chi connectivity index (χ0n) is 8.63. The van der Waals surface area contributed by atoms with E-state index in [1.54, 1.807) is 24.4 Å². The highest BCUT2D eigenvalue weighted by molar-refractivity contribution is 9.10. The lowest BCUT2D eigenvalue weighted by molar-refractivity contribution is 0.112. The minimum absolute atomic E-state index is 0.608. The molecule has 3 aromatic rings. The fourth-order valence-electron chi connectivity index (χ4n) is 1.76. The normalized spacial score (nSPS) is 10.9. The Morgan fingerprint density at radius 1 is 1.35 bits per heavy atom. The van der Waals surface area contributed by atoms with E-state index in [2.05, 4.69) is 20.9 Å². The smallest absolute Gasteiger partial charge is 0.180 e. The van der Waals surface area contributed by atoms with Crippen LogP contribution in [0.25, 0.3) is 17.1 Å². The summed E-state index contributed by atoms with van der Waals surface area (Å²) in [5.74, 6) is 1.33. The van der Waals surface area contributed by atoms with Crippen LogP contribution in [0.4, 0.5) is 0 Å².